The predicted octanol–water partition coefficient (Wildman–Crippen LogP) is 1.73. The van der Waals surface area contributed by atoms with Crippen molar-refractivity contribution in [2.24, 2.45) is 0 Å². The van der Waals surface area contributed by atoms with E-state index in [1.165, 1.54) is 5.56 Å². The topological polar surface area (TPSA) is 41.5 Å². The maximum absolute atomic E-state index is 8.93. The molecule has 0 saturated carbocycles. The van der Waals surface area contributed by atoms with Crippen molar-refractivity contribution in [3.8, 4) is 5.75 Å². The number of nitrogens with one attached hydrogen (secondary N) is 1. The Morgan fingerprint density at radius 1 is 1.27 bits per heavy atom. The van der Waals surface area contributed by atoms with Crippen LogP contribution in [0, 0.1) is 0 Å². The van der Waals surface area contributed by atoms with Crippen LogP contribution in [0.4, 0.5) is 0 Å². The molecule has 0 aliphatic carbocycles. The van der Waals surface area contributed by atoms with Crippen LogP contribution >= 0.6 is 0 Å². The summed E-state index contributed by atoms with van der Waals surface area (Å²) in [4.78, 5) is 0. The molecule has 0 aromatic heterocycles. The van der Waals surface area contributed by atoms with E-state index in [0.717, 1.165) is 5.75 Å². The highest BCUT2D eigenvalue weighted by Gasteiger charge is 2.08. The van der Waals surface area contributed by atoms with Crippen molar-refractivity contribution in [1.82, 2.24) is 5.32 Å². The summed E-state index contributed by atoms with van der Waals surface area (Å²) >= 11 is 0. The van der Waals surface area contributed by atoms with Gasteiger partial charge in [-0.2, -0.15) is 0 Å². The van der Waals surface area contributed by atoms with E-state index in [9.17, 15) is 0 Å². The van der Waals surface area contributed by atoms with Gasteiger partial charge in [-0.3, -0.25) is 0 Å². The van der Waals surface area contributed by atoms with Gasteiger partial charge in [0.1, 0.15) is 5.75 Å². The number of aliphatic hydroxyl groups is 1. The summed E-state index contributed by atoms with van der Waals surface area (Å²) in [7, 11) is 1.66. The van der Waals surface area contributed by atoms with Gasteiger partial charge in [-0.1, -0.05) is 12.1 Å². The molecule has 0 heterocycles. The molecule has 0 bridgehead atoms. The zero-order chi connectivity index (χ0) is 11.3. The van der Waals surface area contributed by atoms with Crippen molar-refractivity contribution in [1.29, 1.82) is 0 Å². The van der Waals surface area contributed by atoms with Gasteiger partial charge in [0.25, 0.3) is 0 Å². The molecular weight excluding hydrogens is 190 g/mol. The van der Waals surface area contributed by atoms with Crippen LogP contribution in [0.1, 0.15) is 25.5 Å². The molecule has 3 nitrogen and oxygen atoms in total. The molecule has 2 atom stereocenters. The summed E-state index contributed by atoms with van der Waals surface area (Å²) in [5.74, 6) is 0.862. The van der Waals surface area contributed by atoms with Crippen molar-refractivity contribution in [3.63, 3.8) is 0 Å². The Bertz CT molecular complexity index is 284. The van der Waals surface area contributed by atoms with Crippen LogP contribution in [0.15, 0.2) is 24.3 Å². The number of benzene rings is 1. The smallest absolute Gasteiger partial charge is 0.118 e. The van der Waals surface area contributed by atoms with E-state index in [2.05, 4.69) is 12.2 Å². The zero-order valence-electron chi connectivity index (χ0n) is 9.53. The first kappa shape index (κ1) is 12.0. The van der Waals surface area contributed by atoms with Crippen LogP contribution in [0.25, 0.3) is 0 Å². The van der Waals surface area contributed by atoms with E-state index in [1.54, 1.807) is 7.11 Å². The first-order chi connectivity index (χ1) is 7.17. The lowest BCUT2D eigenvalue weighted by atomic mass is 10.1. The van der Waals surface area contributed by atoms with Gasteiger partial charge < -0.3 is 15.2 Å². The fourth-order valence-electron chi connectivity index (χ4n) is 1.47. The van der Waals surface area contributed by atoms with E-state index in [0.29, 0.717) is 0 Å². The van der Waals surface area contributed by atoms with Crippen LogP contribution in [-0.2, 0) is 0 Å². The molecular formula is C12H19NO2. The highest BCUT2D eigenvalue weighted by molar-refractivity contribution is 5.28. The van der Waals surface area contributed by atoms with Gasteiger partial charge in [-0.05, 0) is 31.5 Å². The number of hydrogen-bond donors (Lipinski definition) is 2. The van der Waals surface area contributed by atoms with Crippen molar-refractivity contribution < 1.29 is 9.84 Å². The lowest BCUT2D eigenvalue weighted by Gasteiger charge is -2.18. The number of methoxy groups -OCH3 is 1. The second kappa shape index (κ2) is 5.73. The third-order valence-corrected chi connectivity index (χ3v) is 2.42. The van der Waals surface area contributed by atoms with Gasteiger partial charge in [-0.15, -0.1) is 0 Å². The molecule has 84 valence electrons. The van der Waals surface area contributed by atoms with E-state index >= 15 is 0 Å². The molecule has 0 fully saturated rings. The largest absolute Gasteiger partial charge is 0.497 e. The third-order valence-electron chi connectivity index (χ3n) is 2.42. The number of hydrogen-bond acceptors (Lipinski definition) is 3. The van der Waals surface area contributed by atoms with Gasteiger partial charge >= 0.3 is 0 Å². The first-order valence-electron chi connectivity index (χ1n) is 5.18. The fraction of sp³-hybridized carbons (Fsp3) is 0.500. The Morgan fingerprint density at radius 3 is 2.33 bits per heavy atom. The van der Waals surface area contributed by atoms with E-state index in [1.807, 2.05) is 31.2 Å². The maximum Gasteiger partial charge on any atom is 0.118 e. The van der Waals surface area contributed by atoms with Crippen LogP contribution in [0.5, 0.6) is 5.75 Å². The molecule has 15 heavy (non-hydrogen) atoms. The SMILES string of the molecule is COc1ccc([C@@H](C)N[C@H](C)CO)cc1. The van der Waals surface area contributed by atoms with Crippen LogP contribution in [-0.4, -0.2) is 24.9 Å². The summed E-state index contributed by atoms with van der Waals surface area (Å²) < 4.78 is 5.09. The van der Waals surface area contributed by atoms with E-state index in [-0.39, 0.29) is 18.7 Å². The normalized spacial score (nSPS) is 14.7. The molecule has 2 N–H and O–H groups in total. The number of rotatable bonds is 5. The number of aliphatic hydroxyl groups excluding tert-OH is 1. The zero-order valence-corrected chi connectivity index (χ0v) is 9.53. The monoisotopic (exact) mass is 209 g/mol. The predicted molar refractivity (Wildman–Crippen MR) is 61.1 cm³/mol. The average Bonchev–Trinajstić information content (AvgIpc) is 2.29. The summed E-state index contributed by atoms with van der Waals surface area (Å²) in [6.07, 6.45) is 0. The van der Waals surface area contributed by atoms with Crippen LogP contribution in [0.2, 0.25) is 0 Å². The molecule has 0 aliphatic rings. The standard InChI is InChI=1S/C12H19NO2/c1-9(8-14)13-10(2)11-4-6-12(15-3)7-5-11/h4-7,9-10,13-14H,8H2,1-3H3/t9-,10-/m1/s1. The summed E-state index contributed by atoms with van der Waals surface area (Å²) in [5, 5.41) is 12.2. The van der Waals surface area contributed by atoms with E-state index < -0.39 is 0 Å². The van der Waals surface area contributed by atoms with E-state index in [4.69, 9.17) is 9.84 Å². The van der Waals surface area contributed by atoms with Gasteiger partial charge in [0, 0.05) is 12.1 Å². The highest BCUT2D eigenvalue weighted by Crippen LogP contribution is 2.17. The lowest BCUT2D eigenvalue weighted by molar-refractivity contribution is 0.243. The molecule has 1 rings (SSSR count). The Kier molecular flexibility index (Phi) is 4.59. The third kappa shape index (κ3) is 3.53. The molecule has 0 amide bonds. The van der Waals surface area contributed by atoms with Crippen molar-refractivity contribution in [3.05, 3.63) is 29.8 Å². The van der Waals surface area contributed by atoms with Gasteiger partial charge in [0.2, 0.25) is 0 Å². The lowest BCUT2D eigenvalue weighted by Crippen LogP contribution is -2.31. The minimum atomic E-state index is 0.113. The quantitative estimate of drug-likeness (QED) is 0.776. The molecule has 3 heteroatoms. The first-order valence-corrected chi connectivity index (χ1v) is 5.18. The van der Waals surface area contributed by atoms with Gasteiger partial charge in [0.05, 0.1) is 13.7 Å². The molecule has 1 aromatic rings. The van der Waals surface area contributed by atoms with Crippen molar-refractivity contribution in [2.45, 2.75) is 25.9 Å². The van der Waals surface area contributed by atoms with Gasteiger partial charge in [0.15, 0.2) is 0 Å². The molecule has 0 radical (unpaired) electrons. The van der Waals surface area contributed by atoms with Gasteiger partial charge in [-0.25, -0.2) is 0 Å². The Morgan fingerprint density at radius 2 is 1.87 bits per heavy atom. The maximum atomic E-state index is 8.93. The Hall–Kier alpha value is -1.06. The molecule has 1 aromatic carbocycles. The highest BCUT2D eigenvalue weighted by atomic mass is 16.5. The number of ether oxygens (including phenoxy) is 1. The summed E-state index contributed by atoms with van der Waals surface area (Å²) in [5.41, 5.74) is 1.19. The average molecular weight is 209 g/mol. The second-order valence-electron chi connectivity index (χ2n) is 3.75. The minimum Gasteiger partial charge on any atom is -0.497 e. The Labute approximate surface area is 91.1 Å². The summed E-state index contributed by atoms with van der Waals surface area (Å²) in [6, 6.07) is 8.29. The van der Waals surface area contributed by atoms with Crippen LogP contribution < -0.4 is 10.1 Å². The van der Waals surface area contributed by atoms with Crippen LogP contribution in [0.3, 0.4) is 0 Å². The molecule has 0 unspecified atom stereocenters. The Balaban J connectivity index is 2.61. The van der Waals surface area contributed by atoms with Crippen molar-refractivity contribution >= 4 is 0 Å². The molecule has 0 aliphatic heterocycles. The molecule has 0 saturated heterocycles. The fourth-order valence-corrected chi connectivity index (χ4v) is 1.47. The molecule has 0 spiro atoms. The summed E-state index contributed by atoms with van der Waals surface area (Å²) in [6.45, 7) is 4.19. The second-order valence-corrected chi connectivity index (χ2v) is 3.75. The minimum absolute atomic E-state index is 0.113. The van der Waals surface area contributed by atoms with Crippen molar-refractivity contribution in [2.75, 3.05) is 13.7 Å².